The van der Waals surface area contributed by atoms with Gasteiger partial charge in [0.15, 0.2) is 0 Å². The smallest absolute Gasteiger partial charge is 0.319 e. The van der Waals surface area contributed by atoms with Gasteiger partial charge in [-0.3, -0.25) is 0 Å². The van der Waals surface area contributed by atoms with Crippen molar-refractivity contribution in [3.05, 3.63) is 29.3 Å². The fourth-order valence-corrected chi connectivity index (χ4v) is 2.46. The molecule has 1 aliphatic heterocycles. The van der Waals surface area contributed by atoms with Crippen LogP contribution in [0.1, 0.15) is 30.4 Å². The van der Waals surface area contributed by atoms with Crippen molar-refractivity contribution < 1.29 is 4.79 Å². The van der Waals surface area contributed by atoms with E-state index < -0.39 is 0 Å². The quantitative estimate of drug-likeness (QED) is 0.746. The van der Waals surface area contributed by atoms with Crippen molar-refractivity contribution in [1.29, 1.82) is 0 Å². The number of amides is 2. The summed E-state index contributed by atoms with van der Waals surface area (Å²) in [6, 6.07) is 6.48. The maximum absolute atomic E-state index is 11.7. The van der Waals surface area contributed by atoms with Crippen LogP contribution in [-0.4, -0.2) is 18.6 Å². The first-order valence-electron chi connectivity index (χ1n) is 6.71. The minimum Gasteiger partial charge on any atom is -0.335 e. The molecular weight excluding hydrogens is 226 g/mol. The van der Waals surface area contributed by atoms with Gasteiger partial charge in [-0.25, -0.2) is 4.79 Å². The topological polar surface area (TPSA) is 53.2 Å². The zero-order chi connectivity index (χ0) is 12.4. The highest BCUT2D eigenvalue weighted by Crippen LogP contribution is 2.20. The van der Waals surface area contributed by atoms with Gasteiger partial charge in [0.2, 0.25) is 0 Å². The van der Waals surface area contributed by atoms with Crippen LogP contribution in [0.2, 0.25) is 0 Å². The molecule has 0 spiro atoms. The van der Waals surface area contributed by atoms with Crippen molar-refractivity contribution in [1.82, 2.24) is 10.6 Å². The number of anilines is 1. The fourth-order valence-electron chi connectivity index (χ4n) is 2.46. The molecule has 1 heterocycles. The predicted octanol–water partition coefficient (Wildman–Crippen LogP) is 2.01. The molecule has 1 aromatic carbocycles. The third kappa shape index (κ3) is 2.48. The highest BCUT2D eigenvalue weighted by Gasteiger charge is 2.19. The van der Waals surface area contributed by atoms with Crippen LogP contribution in [-0.2, 0) is 13.0 Å². The monoisotopic (exact) mass is 245 g/mol. The maximum Gasteiger partial charge on any atom is 0.319 e. The summed E-state index contributed by atoms with van der Waals surface area (Å²) in [4.78, 5) is 11.7. The zero-order valence-corrected chi connectivity index (χ0v) is 10.5. The second-order valence-electron chi connectivity index (χ2n) is 5.14. The number of urea groups is 1. The second kappa shape index (κ2) is 4.98. The second-order valence-corrected chi connectivity index (χ2v) is 5.14. The number of hydrogen-bond acceptors (Lipinski definition) is 2. The first-order valence-corrected chi connectivity index (χ1v) is 6.71. The third-order valence-electron chi connectivity index (χ3n) is 3.79. The summed E-state index contributed by atoms with van der Waals surface area (Å²) >= 11 is 0. The van der Waals surface area contributed by atoms with Crippen molar-refractivity contribution in [2.24, 2.45) is 0 Å². The van der Waals surface area contributed by atoms with Crippen molar-refractivity contribution in [2.75, 3.05) is 11.9 Å². The van der Waals surface area contributed by atoms with E-state index in [-0.39, 0.29) is 6.03 Å². The van der Waals surface area contributed by atoms with Gasteiger partial charge in [-0.05, 0) is 55.5 Å². The molecule has 0 bridgehead atoms. The van der Waals surface area contributed by atoms with Crippen LogP contribution in [0, 0.1) is 0 Å². The van der Waals surface area contributed by atoms with Crippen LogP contribution < -0.4 is 16.0 Å². The molecule has 1 aromatic rings. The highest BCUT2D eigenvalue weighted by molar-refractivity contribution is 5.89. The van der Waals surface area contributed by atoms with Crippen molar-refractivity contribution >= 4 is 11.7 Å². The SMILES string of the molecule is O=C(Nc1ccc2c(c1)CNCC2)NC1CCC1. The number of carbonyl (C=O) groups is 1. The van der Waals surface area contributed by atoms with Gasteiger partial charge < -0.3 is 16.0 Å². The molecule has 1 fully saturated rings. The molecule has 96 valence electrons. The molecule has 4 heteroatoms. The number of nitrogens with one attached hydrogen (secondary N) is 3. The minimum absolute atomic E-state index is 0.0802. The van der Waals surface area contributed by atoms with E-state index in [2.05, 4.69) is 28.1 Å². The summed E-state index contributed by atoms with van der Waals surface area (Å²) in [5, 5.41) is 9.24. The van der Waals surface area contributed by atoms with E-state index >= 15 is 0 Å². The molecular formula is C14H19N3O. The Morgan fingerprint density at radius 2 is 2.17 bits per heavy atom. The normalized spacial score (nSPS) is 18.7. The van der Waals surface area contributed by atoms with Crippen molar-refractivity contribution in [3.8, 4) is 0 Å². The van der Waals surface area contributed by atoms with Crippen molar-refractivity contribution in [3.63, 3.8) is 0 Å². The lowest BCUT2D eigenvalue weighted by Crippen LogP contribution is -2.41. The van der Waals surface area contributed by atoms with E-state index in [1.165, 1.54) is 17.5 Å². The van der Waals surface area contributed by atoms with Gasteiger partial charge >= 0.3 is 6.03 Å². The summed E-state index contributed by atoms with van der Waals surface area (Å²) < 4.78 is 0. The van der Waals surface area contributed by atoms with Gasteiger partial charge in [0.05, 0.1) is 0 Å². The lowest BCUT2D eigenvalue weighted by atomic mass is 9.93. The number of fused-ring (bicyclic) bond motifs is 1. The van der Waals surface area contributed by atoms with Crippen LogP contribution in [0.3, 0.4) is 0 Å². The Bertz CT molecular complexity index is 454. The Labute approximate surface area is 107 Å². The lowest BCUT2D eigenvalue weighted by Gasteiger charge is -2.26. The lowest BCUT2D eigenvalue weighted by molar-refractivity contribution is 0.240. The van der Waals surface area contributed by atoms with Crippen LogP contribution >= 0.6 is 0 Å². The Morgan fingerprint density at radius 3 is 2.94 bits per heavy atom. The molecule has 0 radical (unpaired) electrons. The van der Waals surface area contributed by atoms with Gasteiger partial charge in [-0.15, -0.1) is 0 Å². The van der Waals surface area contributed by atoms with Gasteiger partial charge in [-0.1, -0.05) is 6.07 Å². The molecule has 3 rings (SSSR count). The van der Waals surface area contributed by atoms with E-state index in [9.17, 15) is 4.79 Å². The third-order valence-corrected chi connectivity index (χ3v) is 3.79. The minimum atomic E-state index is -0.0802. The number of benzene rings is 1. The first-order chi connectivity index (χ1) is 8.81. The van der Waals surface area contributed by atoms with Crippen LogP contribution in [0.4, 0.5) is 10.5 Å². The maximum atomic E-state index is 11.7. The Kier molecular flexibility index (Phi) is 3.19. The predicted molar refractivity (Wildman–Crippen MR) is 71.6 cm³/mol. The Hall–Kier alpha value is -1.55. The molecule has 0 saturated heterocycles. The van der Waals surface area contributed by atoms with Crippen LogP contribution in [0.25, 0.3) is 0 Å². The van der Waals surface area contributed by atoms with Gasteiger partial charge in [0.25, 0.3) is 0 Å². The van der Waals surface area contributed by atoms with E-state index in [1.807, 2.05) is 6.07 Å². The first kappa shape index (κ1) is 11.5. The van der Waals surface area contributed by atoms with Gasteiger partial charge in [0, 0.05) is 18.3 Å². The number of rotatable bonds is 2. The summed E-state index contributed by atoms with van der Waals surface area (Å²) in [7, 11) is 0. The molecule has 3 N–H and O–H groups in total. The molecule has 0 unspecified atom stereocenters. The summed E-state index contributed by atoms with van der Waals surface area (Å²) in [6.07, 6.45) is 4.53. The van der Waals surface area contributed by atoms with Crippen LogP contribution in [0.15, 0.2) is 18.2 Å². The largest absolute Gasteiger partial charge is 0.335 e. The fraction of sp³-hybridized carbons (Fsp3) is 0.500. The molecule has 2 amide bonds. The summed E-state index contributed by atoms with van der Waals surface area (Å²) in [5.74, 6) is 0. The van der Waals surface area contributed by atoms with Gasteiger partial charge in [0.1, 0.15) is 0 Å². The molecule has 4 nitrogen and oxygen atoms in total. The van der Waals surface area contributed by atoms with E-state index in [4.69, 9.17) is 0 Å². The van der Waals surface area contributed by atoms with Gasteiger partial charge in [-0.2, -0.15) is 0 Å². The molecule has 18 heavy (non-hydrogen) atoms. The zero-order valence-electron chi connectivity index (χ0n) is 10.5. The number of carbonyl (C=O) groups excluding carboxylic acids is 1. The molecule has 1 saturated carbocycles. The van der Waals surface area contributed by atoms with Crippen molar-refractivity contribution in [2.45, 2.75) is 38.3 Å². The Balaban J connectivity index is 1.63. The molecule has 0 atom stereocenters. The van der Waals surface area contributed by atoms with Crippen LogP contribution in [0.5, 0.6) is 0 Å². The molecule has 2 aliphatic rings. The van der Waals surface area contributed by atoms with E-state index in [1.54, 1.807) is 0 Å². The Morgan fingerprint density at radius 1 is 1.28 bits per heavy atom. The highest BCUT2D eigenvalue weighted by atomic mass is 16.2. The standard InChI is InChI=1S/C14H19N3O/c18-14(16-12-2-1-3-12)17-13-5-4-10-6-7-15-9-11(10)8-13/h4-5,8,12,15H,1-3,6-7,9H2,(H2,16,17,18). The van der Waals surface area contributed by atoms with E-state index in [0.29, 0.717) is 6.04 Å². The summed E-state index contributed by atoms with van der Waals surface area (Å²) in [6.45, 7) is 1.94. The number of hydrogen-bond donors (Lipinski definition) is 3. The average molecular weight is 245 g/mol. The summed E-state index contributed by atoms with van der Waals surface area (Å²) in [5.41, 5.74) is 3.57. The molecule has 0 aromatic heterocycles. The van der Waals surface area contributed by atoms with E-state index in [0.717, 1.165) is 38.0 Å². The average Bonchev–Trinajstić information content (AvgIpc) is 2.34. The molecule has 1 aliphatic carbocycles.